The number of nitrogens with zero attached hydrogens (tertiary/aromatic N) is 1. The third-order valence-corrected chi connectivity index (χ3v) is 6.57. The van der Waals surface area contributed by atoms with Crippen LogP contribution in [-0.4, -0.2) is 35.6 Å². The van der Waals surface area contributed by atoms with Crippen molar-refractivity contribution in [1.29, 1.82) is 0 Å². The number of para-hydroxylation sites is 2. The number of carbonyl (C=O) groups is 3. The third kappa shape index (κ3) is 5.90. The molecular formula is C27H23ClN2O5S. The largest absolute Gasteiger partial charge is 0.493 e. The van der Waals surface area contributed by atoms with Gasteiger partial charge in [0.2, 0.25) is 5.91 Å². The number of amides is 3. The standard InChI is InChI=1S/C27H23ClN2O5S/c1-17-6-3-4-8-21(17)29-24(31)15-30-26(32)23(36-27(30)33)14-19-7-5-9-22(34-2)25(19)35-16-18-10-12-20(28)13-11-18/h3-14H,15-16H2,1-2H3,(H,29,31)/b23-14-. The maximum atomic E-state index is 13.0. The first-order chi connectivity index (χ1) is 17.4. The normalized spacial score (nSPS) is 14.3. The first-order valence-electron chi connectivity index (χ1n) is 11.0. The van der Waals surface area contributed by atoms with Gasteiger partial charge in [-0.25, -0.2) is 0 Å². The Bertz CT molecular complexity index is 1340. The minimum atomic E-state index is -0.545. The Labute approximate surface area is 218 Å². The fraction of sp³-hybridized carbons (Fsp3) is 0.148. The van der Waals surface area contributed by atoms with E-state index in [1.807, 2.05) is 31.2 Å². The number of carbonyl (C=O) groups excluding carboxylic acids is 3. The summed E-state index contributed by atoms with van der Waals surface area (Å²) >= 11 is 6.73. The minimum absolute atomic E-state index is 0.188. The molecule has 9 heteroatoms. The number of halogens is 1. The number of hydrogen-bond acceptors (Lipinski definition) is 6. The van der Waals surface area contributed by atoms with Gasteiger partial charge in [-0.2, -0.15) is 0 Å². The molecule has 0 bridgehead atoms. The van der Waals surface area contributed by atoms with Gasteiger partial charge < -0.3 is 14.8 Å². The van der Waals surface area contributed by atoms with Crippen LogP contribution in [0.15, 0.2) is 71.6 Å². The molecule has 0 radical (unpaired) electrons. The maximum Gasteiger partial charge on any atom is 0.294 e. The molecule has 3 aromatic rings. The number of imide groups is 1. The summed E-state index contributed by atoms with van der Waals surface area (Å²) < 4.78 is 11.5. The Morgan fingerprint density at radius 2 is 1.81 bits per heavy atom. The number of ether oxygens (including phenoxy) is 2. The van der Waals surface area contributed by atoms with E-state index in [2.05, 4.69) is 5.32 Å². The predicted octanol–water partition coefficient (Wildman–Crippen LogP) is 5.91. The van der Waals surface area contributed by atoms with E-state index in [1.54, 1.807) is 48.5 Å². The summed E-state index contributed by atoms with van der Waals surface area (Å²) in [4.78, 5) is 39.2. The van der Waals surface area contributed by atoms with Crippen molar-refractivity contribution >= 4 is 52.2 Å². The van der Waals surface area contributed by atoms with E-state index in [0.29, 0.717) is 27.8 Å². The summed E-state index contributed by atoms with van der Waals surface area (Å²) in [7, 11) is 1.52. The molecule has 3 amide bonds. The van der Waals surface area contributed by atoms with Crippen LogP contribution in [0.25, 0.3) is 6.08 Å². The Kier molecular flexibility index (Phi) is 7.97. The fourth-order valence-electron chi connectivity index (χ4n) is 3.52. The van der Waals surface area contributed by atoms with Crippen molar-refractivity contribution in [2.75, 3.05) is 19.0 Å². The van der Waals surface area contributed by atoms with Crippen LogP contribution < -0.4 is 14.8 Å². The molecule has 1 N–H and O–H groups in total. The van der Waals surface area contributed by atoms with Gasteiger partial charge >= 0.3 is 0 Å². The summed E-state index contributed by atoms with van der Waals surface area (Å²) in [5.41, 5.74) is 2.97. The second-order valence-electron chi connectivity index (χ2n) is 7.92. The number of thioether (sulfide) groups is 1. The molecule has 1 aliphatic rings. The van der Waals surface area contributed by atoms with E-state index >= 15 is 0 Å². The van der Waals surface area contributed by atoms with Crippen molar-refractivity contribution < 1.29 is 23.9 Å². The van der Waals surface area contributed by atoms with Crippen LogP contribution in [0.4, 0.5) is 10.5 Å². The maximum absolute atomic E-state index is 13.0. The fourth-order valence-corrected chi connectivity index (χ4v) is 4.48. The number of hydrogen-bond donors (Lipinski definition) is 1. The lowest BCUT2D eigenvalue weighted by Crippen LogP contribution is -2.36. The average molecular weight is 523 g/mol. The van der Waals surface area contributed by atoms with Crippen LogP contribution >= 0.6 is 23.4 Å². The van der Waals surface area contributed by atoms with Crippen LogP contribution in [0, 0.1) is 6.92 Å². The topological polar surface area (TPSA) is 84.9 Å². The van der Waals surface area contributed by atoms with E-state index in [-0.39, 0.29) is 18.1 Å². The molecule has 1 aliphatic heterocycles. The van der Waals surface area contributed by atoms with Crippen molar-refractivity contribution in [1.82, 2.24) is 4.90 Å². The highest BCUT2D eigenvalue weighted by molar-refractivity contribution is 8.18. The second kappa shape index (κ2) is 11.3. The molecular weight excluding hydrogens is 500 g/mol. The molecule has 0 unspecified atom stereocenters. The molecule has 1 saturated heterocycles. The Morgan fingerprint density at radius 3 is 2.53 bits per heavy atom. The van der Waals surface area contributed by atoms with Crippen molar-refractivity contribution in [2.24, 2.45) is 0 Å². The van der Waals surface area contributed by atoms with Crippen LogP contribution in [0.1, 0.15) is 16.7 Å². The zero-order valence-electron chi connectivity index (χ0n) is 19.6. The Hall–Kier alpha value is -3.75. The third-order valence-electron chi connectivity index (χ3n) is 5.41. The van der Waals surface area contributed by atoms with Gasteiger partial charge in [0.1, 0.15) is 13.2 Å². The molecule has 0 aliphatic carbocycles. The summed E-state index contributed by atoms with van der Waals surface area (Å²) in [5, 5.41) is 2.85. The van der Waals surface area contributed by atoms with E-state index in [4.69, 9.17) is 21.1 Å². The molecule has 7 nitrogen and oxygen atoms in total. The number of benzene rings is 3. The van der Waals surface area contributed by atoms with Gasteiger partial charge in [0.25, 0.3) is 11.1 Å². The molecule has 1 heterocycles. The van der Waals surface area contributed by atoms with E-state index < -0.39 is 17.1 Å². The number of nitrogens with one attached hydrogen (secondary N) is 1. The molecule has 3 aromatic carbocycles. The van der Waals surface area contributed by atoms with Gasteiger partial charge in [0.05, 0.1) is 12.0 Å². The highest BCUT2D eigenvalue weighted by atomic mass is 35.5. The van der Waals surface area contributed by atoms with E-state index in [1.165, 1.54) is 7.11 Å². The molecule has 1 fully saturated rings. The van der Waals surface area contributed by atoms with Gasteiger partial charge in [-0.15, -0.1) is 0 Å². The minimum Gasteiger partial charge on any atom is -0.493 e. The first kappa shape index (κ1) is 25.3. The van der Waals surface area contributed by atoms with Crippen LogP contribution in [0.3, 0.4) is 0 Å². The summed E-state index contributed by atoms with van der Waals surface area (Å²) in [6.07, 6.45) is 1.57. The number of rotatable bonds is 8. The predicted molar refractivity (Wildman–Crippen MR) is 141 cm³/mol. The van der Waals surface area contributed by atoms with Gasteiger partial charge in [0.15, 0.2) is 11.5 Å². The van der Waals surface area contributed by atoms with Gasteiger partial charge in [-0.3, -0.25) is 19.3 Å². The molecule has 4 rings (SSSR count). The zero-order valence-corrected chi connectivity index (χ0v) is 21.2. The molecule has 0 atom stereocenters. The summed E-state index contributed by atoms with van der Waals surface area (Å²) in [6.45, 7) is 1.73. The van der Waals surface area contributed by atoms with Gasteiger partial charge in [-0.05, 0) is 60.2 Å². The smallest absolute Gasteiger partial charge is 0.294 e. The molecule has 184 valence electrons. The Balaban J connectivity index is 1.51. The quantitative estimate of drug-likeness (QED) is 0.370. The number of methoxy groups -OCH3 is 1. The highest BCUT2D eigenvalue weighted by Gasteiger charge is 2.36. The Morgan fingerprint density at radius 1 is 1.06 bits per heavy atom. The van der Waals surface area contributed by atoms with Crippen LogP contribution in [0.2, 0.25) is 5.02 Å². The monoisotopic (exact) mass is 522 g/mol. The van der Waals surface area contributed by atoms with Crippen LogP contribution in [0.5, 0.6) is 11.5 Å². The molecule has 0 spiro atoms. The highest BCUT2D eigenvalue weighted by Crippen LogP contribution is 2.37. The van der Waals surface area contributed by atoms with Crippen molar-refractivity contribution in [3.63, 3.8) is 0 Å². The van der Waals surface area contributed by atoms with E-state index in [9.17, 15) is 14.4 Å². The molecule has 36 heavy (non-hydrogen) atoms. The second-order valence-corrected chi connectivity index (χ2v) is 9.35. The van der Waals surface area contributed by atoms with E-state index in [0.717, 1.165) is 27.8 Å². The van der Waals surface area contributed by atoms with Crippen LogP contribution in [-0.2, 0) is 16.2 Å². The lowest BCUT2D eigenvalue weighted by atomic mass is 10.1. The van der Waals surface area contributed by atoms with Gasteiger partial charge in [0, 0.05) is 16.3 Å². The average Bonchev–Trinajstić information content (AvgIpc) is 3.12. The van der Waals surface area contributed by atoms with Crippen molar-refractivity contribution in [3.8, 4) is 11.5 Å². The lowest BCUT2D eigenvalue weighted by Gasteiger charge is -2.14. The zero-order chi connectivity index (χ0) is 25.7. The van der Waals surface area contributed by atoms with Crippen molar-refractivity contribution in [3.05, 3.63) is 93.3 Å². The van der Waals surface area contributed by atoms with Gasteiger partial charge in [-0.1, -0.05) is 54.1 Å². The molecule has 0 aromatic heterocycles. The number of anilines is 1. The summed E-state index contributed by atoms with van der Waals surface area (Å²) in [6, 6.07) is 19.8. The summed E-state index contributed by atoms with van der Waals surface area (Å²) in [5.74, 6) is -0.0915. The SMILES string of the molecule is COc1cccc(/C=C2\SC(=O)N(CC(=O)Nc3ccccc3C)C2=O)c1OCc1ccc(Cl)cc1. The first-order valence-corrected chi connectivity index (χ1v) is 12.2. The lowest BCUT2D eigenvalue weighted by molar-refractivity contribution is -0.127. The van der Waals surface area contributed by atoms with Crippen molar-refractivity contribution in [2.45, 2.75) is 13.5 Å². The molecule has 0 saturated carbocycles. The number of aryl methyl sites for hydroxylation is 1.